The van der Waals surface area contributed by atoms with Gasteiger partial charge in [-0.1, -0.05) is 65.8 Å². The smallest absolute Gasteiger partial charge is 0.426 e. The van der Waals surface area contributed by atoms with Crippen LogP contribution >= 0.6 is 21.6 Å². The van der Waals surface area contributed by atoms with Crippen LogP contribution in [0.25, 0.3) is 16.5 Å². The summed E-state index contributed by atoms with van der Waals surface area (Å²) in [6.45, 7) is 8.45. The van der Waals surface area contributed by atoms with Crippen LogP contribution in [0.5, 0.6) is 17.2 Å². The zero-order chi connectivity index (χ0) is 65.4. The lowest BCUT2D eigenvalue weighted by Crippen LogP contribution is -2.82. The number of amides is 4. The summed E-state index contributed by atoms with van der Waals surface area (Å²) in [7, 11) is 8.81. The van der Waals surface area contributed by atoms with E-state index in [1.165, 1.54) is 40.7 Å². The summed E-state index contributed by atoms with van der Waals surface area (Å²) in [5.74, 6) is -1.31. The first-order chi connectivity index (χ1) is 44.0. The van der Waals surface area contributed by atoms with Crippen LogP contribution < -0.4 is 36.9 Å². The van der Waals surface area contributed by atoms with Crippen LogP contribution in [0.3, 0.4) is 0 Å². The number of nitrogen functional groups attached to an aromatic ring is 1. The van der Waals surface area contributed by atoms with Crippen LogP contribution in [0.15, 0.2) is 54.8 Å². The Morgan fingerprint density at radius 2 is 1.67 bits per heavy atom. The van der Waals surface area contributed by atoms with Gasteiger partial charge in [0.15, 0.2) is 11.3 Å². The number of aliphatic hydroxyl groups excluding tert-OH is 1. The molecule has 9 heterocycles. The number of aliphatic hydroxyl groups is 3. The second-order valence-corrected chi connectivity index (χ2v) is 28.7. The Morgan fingerprint density at radius 3 is 2.38 bits per heavy atom. The quantitative estimate of drug-likeness (QED) is 0.00682. The number of benzene rings is 3. The van der Waals surface area contributed by atoms with Gasteiger partial charge in [0.25, 0.3) is 5.91 Å². The van der Waals surface area contributed by atoms with E-state index in [1.807, 2.05) is 61.2 Å². The number of ether oxygens (including phenoxy) is 6. The number of carbonyl (C=O) groups excluding carboxylic acids is 5. The van der Waals surface area contributed by atoms with E-state index in [0.29, 0.717) is 99.0 Å². The number of nitrogens with two attached hydrogens (primary N) is 2. The fraction of sp³-hybridized carbons (Fsp3) is 0.547. The standard InChI is InChI=1S/C64H80N10O16S2/c1-8-59(83)27-34-28-62(55(79)86-6,49-36(15-19-71(29-34)32-59)35-13-10-11-14-40(35)67-49)38-25-37-41(26-43(38)85-5)70(4)52-61(37)17-20-72-18-12-16-60(9-2,51(61)72)53(77)63(52,84)54(78)68-69-57(81)88-21-23-91-92-24-22-89-58(82)74-42-30-73-46-44(48(76)45(65)33(3)47(46)75)39(31-90-56(66)80)64(73,87-7)50(42)74/h10-14,16,25-26,31,34,42,50-53,67,75-77,83-84H,8-9,15,17-24,27-30,32,65H2,1-7H3,(H2,66,80)(H,68,78)(H,69,81)/t34-,42+,50+,51+,52-,53-,59+,60-,61-,62+,63+,64-,74?/m1/s1. The molecule has 1 aromatic heterocycles. The van der Waals surface area contributed by atoms with Gasteiger partial charge in [-0.15, -0.1) is 0 Å². The Balaban J connectivity index is 0.704. The predicted octanol–water partition coefficient (Wildman–Crippen LogP) is 4.19. The second-order valence-electron chi connectivity index (χ2n) is 26.0. The lowest BCUT2D eigenvalue weighted by atomic mass is 9.47. The zero-order valence-corrected chi connectivity index (χ0v) is 54.0. The van der Waals surface area contributed by atoms with E-state index in [0.717, 1.165) is 28.3 Å². The average molecular weight is 1310 g/mol. The van der Waals surface area contributed by atoms with Gasteiger partial charge in [0.1, 0.15) is 54.3 Å². The molecule has 1 unspecified atom stereocenters. The van der Waals surface area contributed by atoms with E-state index >= 15 is 9.59 Å². The number of H-pyrrole nitrogens is 1. The number of phenols is 2. The number of hydrogen-bond acceptors (Lipinski definition) is 23. The molecule has 28 heteroatoms. The Labute approximate surface area is 539 Å². The van der Waals surface area contributed by atoms with E-state index in [9.17, 15) is 39.9 Å². The molecule has 13 rings (SSSR count). The second kappa shape index (κ2) is 23.0. The number of nitrogens with one attached hydrogen (secondary N) is 3. The highest BCUT2D eigenvalue weighted by Crippen LogP contribution is 2.69. The van der Waals surface area contributed by atoms with Crippen molar-refractivity contribution in [1.82, 2.24) is 30.5 Å². The summed E-state index contributed by atoms with van der Waals surface area (Å²) in [5.41, 5.74) is 12.3. The topological polar surface area (TPSA) is 350 Å². The number of carbonyl (C=O) groups is 5. The molecule has 9 aliphatic rings. The molecule has 1 saturated carbocycles. The lowest BCUT2D eigenvalue weighted by molar-refractivity contribution is -0.204. The van der Waals surface area contributed by atoms with Crippen LogP contribution in [0.2, 0.25) is 0 Å². The number of piperazine rings is 1. The number of esters is 1. The van der Waals surface area contributed by atoms with Crippen molar-refractivity contribution in [3.8, 4) is 17.2 Å². The summed E-state index contributed by atoms with van der Waals surface area (Å²) < 4.78 is 34.6. The monoisotopic (exact) mass is 1310 g/mol. The van der Waals surface area contributed by atoms with Crippen molar-refractivity contribution in [2.45, 2.75) is 117 Å². The maximum absolute atomic E-state index is 15.6. The predicted molar refractivity (Wildman–Crippen MR) is 342 cm³/mol. The van der Waals surface area contributed by atoms with Gasteiger partial charge in [0, 0.05) is 115 Å². The van der Waals surface area contributed by atoms with Crippen LogP contribution in [-0.4, -0.2) is 215 Å². The maximum Gasteiger partial charge on any atom is 0.426 e. The van der Waals surface area contributed by atoms with Gasteiger partial charge in [0.2, 0.25) is 0 Å². The first-order valence-corrected chi connectivity index (χ1v) is 33.7. The number of primary amides is 1. The molecule has 8 aliphatic heterocycles. The normalized spacial score (nSPS) is 33.0. The molecular formula is C64H80N10O16S2. The number of nitrogens with zero attached hydrogens (tertiary/aromatic N) is 5. The number of hydrazine groups is 1. The fourth-order valence-electron chi connectivity index (χ4n) is 18.2. The molecule has 3 aromatic carbocycles. The van der Waals surface area contributed by atoms with E-state index in [2.05, 4.69) is 31.7 Å². The molecule has 4 aromatic rings. The molecule has 12 N–H and O–H groups in total. The highest BCUT2D eigenvalue weighted by Gasteiger charge is 2.79. The first-order valence-electron chi connectivity index (χ1n) is 31.2. The molecule has 2 bridgehead atoms. The Bertz CT molecular complexity index is 3780. The summed E-state index contributed by atoms with van der Waals surface area (Å²) in [4.78, 5) is 82.8. The molecule has 92 heavy (non-hydrogen) atoms. The van der Waals surface area contributed by atoms with Crippen molar-refractivity contribution in [2.24, 2.45) is 17.1 Å². The highest BCUT2D eigenvalue weighted by atomic mass is 33.1. The number of methoxy groups -OCH3 is 3. The molecular weight excluding hydrogens is 1230 g/mol. The maximum atomic E-state index is 15.6. The number of aromatic amines is 1. The minimum absolute atomic E-state index is 0.00100. The number of likely N-dealkylation sites (N-methyl/N-ethyl adjacent to an activating group) is 1. The number of hydrogen-bond donors (Lipinski definition) is 10. The minimum atomic E-state index is -2.60. The Kier molecular flexibility index (Phi) is 15.9. The molecule has 1 aliphatic carbocycles. The van der Waals surface area contributed by atoms with Crippen molar-refractivity contribution in [2.75, 3.05) is 108 Å². The number of anilines is 3. The molecule has 4 saturated heterocycles. The molecule has 13 atom stereocenters. The van der Waals surface area contributed by atoms with Crippen molar-refractivity contribution in [3.63, 3.8) is 0 Å². The number of rotatable bonds is 15. The average Bonchev–Trinajstić information content (AvgIpc) is 1.47. The molecule has 0 radical (unpaired) electrons. The number of fused-ring (bicyclic) bond motifs is 11. The van der Waals surface area contributed by atoms with Crippen molar-refractivity contribution in [1.29, 1.82) is 0 Å². The summed E-state index contributed by atoms with van der Waals surface area (Å²) in [6.07, 6.45) is 3.01. The molecule has 494 valence electrons. The van der Waals surface area contributed by atoms with Crippen LogP contribution in [0, 0.1) is 18.3 Å². The third-order valence-electron chi connectivity index (χ3n) is 21.9. The third-order valence-corrected chi connectivity index (χ3v) is 24.2. The van der Waals surface area contributed by atoms with Gasteiger partial charge >= 0.3 is 24.2 Å². The van der Waals surface area contributed by atoms with E-state index in [4.69, 9.17) is 39.9 Å². The van der Waals surface area contributed by atoms with Gasteiger partial charge in [-0.05, 0) is 81.2 Å². The SMILES string of the molecule is CC[C@]1(O)C[C@H]2CN(CCc3c([nH]c4ccccc34)[C@@](C(=O)OC)(c3cc4c(cc3OC)N(C)[C@H]3[C@@](O)(C(=O)NNC(=O)OCCSSCCOC(=O)N5[C@H]6[C@@H]5CN5c7c(O)c(C)c(N)c(O)c7C(=COC(N)=O)[C@@]65OC)[C@H](O)[C@]5(CC)C=CCN6CC[C@]43[C@@H]65)C2)C1. The van der Waals surface area contributed by atoms with Gasteiger partial charge in [-0.25, -0.2) is 19.8 Å². The summed E-state index contributed by atoms with van der Waals surface area (Å²) in [6, 6.07) is 9.21. The van der Waals surface area contributed by atoms with Crippen molar-refractivity contribution < 1.29 is 77.9 Å². The van der Waals surface area contributed by atoms with Crippen LogP contribution in [0.4, 0.5) is 31.4 Å². The number of piperidine rings is 1. The summed E-state index contributed by atoms with van der Waals surface area (Å²) in [5, 5.41) is 62.1. The Hall–Kier alpha value is -7.31. The van der Waals surface area contributed by atoms with Crippen LogP contribution in [-0.2, 0) is 50.5 Å². The number of aromatic nitrogens is 1. The molecule has 1 spiro atoms. The third kappa shape index (κ3) is 8.92. The lowest BCUT2D eigenvalue weighted by Gasteiger charge is -2.63. The van der Waals surface area contributed by atoms with E-state index in [1.54, 1.807) is 26.0 Å². The molecule has 26 nitrogen and oxygen atoms in total. The number of aromatic hydroxyl groups is 2. The van der Waals surface area contributed by atoms with Gasteiger partial charge in [-0.3, -0.25) is 29.7 Å². The van der Waals surface area contributed by atoms with Crippen molar-refractivity contribution >= 4 is 85.3 Å². The Morgan fingerprint density at radius 1 is 0.924 bits per heavy atom. The largest absolute Gasteiger partial charge is 0.505 e. The van der Waals surface area contributed by atoms with Gasteiger partial charge < -0.3 is 80.2 Å². The van der Waals surface area contributed by atoms with Crippen LogP contribution in [0.1, 0.15) is 79.5 Å². The fourth-order valence-corrected chi connectivity index (χ4v) is 19.8. The molecule has 4 amide bonds. The minimum Gasteiger partial charge on any atom is -0.505 e. The van der Waals surface area contributed by atoms with E-state index in [-0.39, 0.29) is 71.7 Å². The van der Waals surface area contributed by atoms with E-state index < -0.39 is 93.6 Å². The van der Waals surface area contributed by atoms with Gasteiger partial charge in [-0.2, -0.15) is 0 Å². The number of para-hydroxylation sites is 1. The highest BCUT2D eigenvalue weighted by molar-refractivity contribution is 8.76. The zero-order valence-electron chi connectivity index (χ0n) is 52.4. The van der Waals surface area contributed by atoms with Gasteiger partial charge in [0.05, 0.1) is 54.4 Å². The first kappa shape index (κ1) is 63.4. The summed E-state index contributed by atoms with van der Waals surface area (Å²) >= 11 is 0. The number of phenolic OH excluding ortho intramolecular Hbond substituents is 2. The molecule has 5 fully saturated rings. The van der Waals surface area contributed by atoms with Crippen molar-refractivity contribution in [3.05, 3.63) is 88.3 Å².